The summed E-state index contributed by atoms with van der Waals surface area (Å²) in [6.45, 7) is 6.59. The Morgan fingerprint density at radius 2 is 1.71 bits per heavy atom. The lowest BCUT2D eigenvalue weighted by molar-refractivity contribution is -0.143. The van der Waals surface area contributed by atoms with Crippen molar-refractivity contribution in [3.63, 3.8) is 0 Å². The minimum atomic E-state index is -0.478. The lowest BCUT2D eigenvalue weighted by atomic mass is 9.98. The number of carbonyl (C=O) groups is 2. The number of hydrogen-bond donors (Lipinski definition) is 0. The molecule has 0 N–H and O–H groups in total. The van der Waals surface area contributed by atoms with Crippen LogP contribution < -0.4 is 4.74 Å². The summed E-state index contributed by atoms with van der Waals surface area (Å²) in [5, 5.41) is 2.04. The maximum Gasteiger partial charge on any atom is 0.313 e. The number of Topliss-reactive ketones (excluding diaryl/α,β-unsaturated/α-hetero) is 1. The quantitative estimate of drug-likeness (QED) is 0.376. The normalized spacial score (nSPS) is 12.0. The van der Waals surface area contributed by atoms with E-state index in [2.05, 4.69) is 0 Å². The van der Waals surface area contributed by atoms with E-state index in [4.69, 9.17) is 14.2 Å². The molecule has 2 aromatic carbocycles. The van der Waals surface area contributed by atoms with Crippen molar-refractivity contribution in [3.8, 4) is 5.75 Å². The second kappa shape index (κ2) is 9.79. The third-order valence-electron chi connectivity index (χ3n) is 5.66. The number of hydrogen-bond acceptors (Lipinski definition) is 5. The fourth-order valence-corrected chi connectivity index (χ4v) is 3.72. The van der Waals surface area contributed by atoms with Gasteiger partial charge in [0, 0.05) is 30.6 Å². The summed E-state index contributed by atoms with van der Waals surface area (Å²) in [4.78, 5) is 25.3. The van der Waals surface area contributed by atoms with E-state index in [9.17, 15) is 9.59 Å². The van der Waals surface area contributed by atoms with Gasteiger partial charge in [-0.2, -0.15) is 0 Å². The number of methoxy groups -OCH3 is 2. The number of aromatic nitrogens is 1. The molecule has 3 rings (SSSR count). The van der Waals surface area contributed by atoms with Gasteiger partial charge in [0.05, 0.1) is 19.6 Å². The van der Waals surface area contributed by atoms with Crippen LogP contribution in [0.15, 0.2) is 42.5 Å². The van der Waals surface area contributed by atoms with Gasteiger partial charge in [-0.15, -0.1) is 0 Å². The number of nitrogens with zero attached hydrogens (tertiary/aromatic N) is 1. The standard InChI is InChI=1S/C25H29NO5/c1-16-12-23(18(3)26(16)10-11-29-4)24(27)15-31-25(28)17(2)19-6-7-21-14-22(30-5)9-8-20(21)13-19/h6-9,12-14,17H,10-11,15H2,1-5H3/t17-/m0/s1. The van der Waals surface area contributed by atoms with Gasteiger partial charge >= 0.3 is 5.97 Å². The Bertz CT molecular complexity index is 1100. The molecule has 0 aliphatic rings. The topological polar surface area (TPSA) is 66.8 Å². The van der Waals surface area contributed by atoms with Gasteiger partial charge in [0.25, 0.3) is 0 Å². The highest BCUT2D eigenvalue weighted by Crippen LogP contribution is 2.26. The molecule has 0 fully saturated rings. The van der Waals surface area contributed by atoms with Gasteiger partial charge in [0.2, 0.25) is 5.78 Å². The minimum absolute atomic E-state index is 0.206. The number of esters is 1. The Morgan fingerprint density at radius 1 is 1.00 bits per heavy atom. The van der Waals surface area contributed by atoms with Crippen LogP contribution in [0.2, 0.25) is 0 Å². The Kier molecular flexibility index (Phi) is 7.13. The number of ether oxygens (including phenoxy) is 3. The van der Waals surface area contributed by atoms with Gasteiger partial charge in [-0.3, -0.25) is 9.59 Å². The van der Waals surface area contributed by atoms with E-state index in [1.165, 1.54) is 0 Å². The van der Waals surface area contributed by atoms with Gasteiger partial charge in [-0.25, -0.2) is 0 Å². The minimum Gasteiger partial charge on any atom is -0.497 e. The predicted octanol–water partition coefficient (Wildman–Crippen LogP) is 4.44. The predicted molar refractivity (Wildman–Crippen MR) is 120 cm³/mol. The van der Waals surface area contributed by atoms with Crippen LogP contribution in [0.1, 0.15) is 40.2 Å². The van der Waals surface area contributed by atoms with E-state index in [0.717, 1.165) is 33.5 Å². The molecule has 0 aliphatic heterocycles. The molecule has 6 heteroatoms. The summed E-state index contributed by atoms with van der Waals surface area (Å²) < 4.78 is 17.8. The third-order valence-corrected chi connectivity index (χ3v) is 5.66. The maximum absolute atomic E-state index is 12.7. The van der Waals surface area contributed by atoms with Gasteiger partial charge in [0.1, 0.15) is 5.75 Å². The second-order valence-electron chi connectivity index (χ2n) is 7.65. The fourth-order valence-electron chi connectivity index (χ4n) is 3.72. The molecule has 3 aromatic rings. The number of ketones is 1. The number of rotatable bonds is 9. The average molecular weight is 424 g/mol. The third kappa shape index (κ3) is 4.97. The zero-order valence-corrected chi connectivity index (χ0v) is 18.7. The summed E-state index contributed by atoms with van der Waals surface area (Å²) in [5.74, 6) is -0.321. The van der Waals surface area contributed by atoms with E-state index in [1.54, 1.807) is 21.1 Å². The highest BCUT2D eigenvalue weighted by molar-refractivity contribution is 5.99. The second-order valence-corrected chi connectivity index (χ2v) is 7.65. The van der Waals surface area contributed by atoms with E-state index < -0.39 is 11.9 Å². The summed E-state index contributed by atoms with van der Waals surface area (Å²) in [6.07, 6.45) is 0. The zero-order chi connectivity index (χ0) is 22.5. The first-order valence-electron chi connectivity index (χ1n) is 10.3. The van der Waals surface area contributed by atoms with Crippen molar-refractivity contribution in [2.75, 3.05) is 27.4 Å². The van der Waals surface area contributed by atoms with Crippen LogP contribution in [0.4, 0.5) is 0 Å². The Labute approximate surface area is 182 Å². The van der Waals surface area contributed by atoms with E-state index in [0.29, 0.717) is 18.7 Å². The zero-order valence-electron chi connectivity index (χ0n) is 18.7. The first-order chi connectivity index (χ1) is 14.8. The van der Waals surface area contributed by atoms with Crippen LogP contribution in [0, 0.1) is 13.8 Å². The molecule has 1 atom stereocenters. The van der Waals surface area contributed by atoms with Crippen molar-refractivity contribution in [1.82, 2.24) is 4.57 Å². The van der Waals surface area contributed by atoms with Crippen molar-refractivity contribution in [3.05, 3.63) is 65.0 Å². The molecule has 1 aromatic heterocycles. The lowest BCUT2D eigenvalue weighted by Gasteiger charge is -2.13. The van der Waals surface area contributed by atoms with Crippen LogP contribution in [0.3, 0.4) is 0 Å². The molecule has 164 valence electrons. The molecule has 31 heavy (non-hydrogen) atoms. The molecule has 6 nitrogen and oxygen atoms in total. The monoisotopic (exact) mass is 423 g/mol. The molecule has 0 spiro atoms. The summed E-state index contributed by atoms with van der Waals surface area (Å²) >= 11 is 0. The Hall–Kier alpha value is -3.12. The summed E-state index contributed by atoms with van der Waals surface area (Å²) in [5.41, 5.74) is 3.25. The van der Waals surface area contributed by atoms with Crippen molar-refractivity contribution < 1.29 is 23.8 Å². The number of benzene rings is 2. The van der Waals surface area contributed by atoms with Crippen molar-refractivity contribution in [2.45, 2.75) is 33.2 Å². The SMILES string of the molecule is COCCn1c(C)cc(C(=O)COC(=O)[C@@H](C)c2ccc3cc(OC)ccc3c2)c1C. The fraction of sp³-hybridized carbons (Fsp3) is 0.360. The number of carbonyl (C=O) groups excluding carboxylic acids is 2. The van der Waals surface area contributed by atoms with Crippen molar-refractivity contribution in [1.29, 1.82) is 0 Å². The van der Waals surface area contributed by atoms with E-state index in [1.807, 2.05) is 60.9 Å². The smallest absolute Gasteiger partial charge is 0.313 e. The molecule has 0 amide bonds. The van der Waals surface area contributed by atoms with Crippen LogP contribution in [0.5, 0.6) is 5.75 Å². The highest BCUT2D eigenvalue weighted by atomic mass is 16.5. The number of aryl methyl sites for hydroxylation is 1. The molecule has 0 unspecified atom stereocenters. The first-order valence-corrected chi connectivity index (χ1v) is 10.3. The van der Waals surface area contributed by atoms with Gasteiger partial charge in [0.15, 0.2) is 6.61 Å². The van der Waals surface area contributed by atoms with Gasteiger partial charge in [-0.1, -0.05) is 24.3 Å². The van der Waals surface area contributed by atoms with E-state index in [-0.39, 0.29) is 12.4 Å². The summed E-state index contributed by atoms with van der Waals surface area (Å²) in [6, 6.07) is 13.4. The lowest BCUT2D eigenvalue weighted by Crippen LogP contribution is -2.19. The van der Waals surface area contributed by atoms with Crippen LogP contribution in [-0.4, -0.2) is 43.8 Å². The molecule has 0 bridgehead atoms. The summed E-state index contributed by atoms with van der Waals surface area (Å²) in [7, 11) is 3.28. The van der Waals surface area contributed by atoms with Gasteiger partial charge < -0.3 is 18.8 Å². The largest absolute Gasteiger partial charge is 0.497 e. The van der Waals surface area contributed by atoms with Crippen molar-refractivity contribution >= 4 is 22.5 Å². The molecule has 1 heterocycles. The van der Waals surface area contributed by atoms with Gasteiger partial charge in [-0.05, 0) is 55.3 Å². The molecule has 0 radical (unpaired) electrons. The molecule has 0 saturated heterocycles. The molecule has 0 saturated carbocycles. The maximum atomic E-state index is 12.7. The van der Waals surface area contributed by atoms with Crippen LogP contribution >= 0.6 is 0 Å². The molecular formula is C25H29NO5. The number of fused-ring (bicyclic) bond motifs is 1. The van der Waals surface area contributed by atoms with Crippen LogP contribution in [0.25, 0.3) is 10.8 Å². The Balaban J connectivity index is 1.66. The molecular weight excluding hydrogens is 394 g/mol. The average Bonchev–Trinajstić information content (AvgIpc) is 3.07. The van der Waals surface area contributed by atoms with Crippen LogP contribution in [-0.2, 0) is 20.8 Å². The highest BCUT2D eigenvalue weighted by Gasteiger charge is 2.21. The van der Waals surface area contributed by atoms with E-state index >= 15 is 0 Å². The van der Waals surface area contributed by atoms with Crippen molar-refractivity contribution in [2.24, 2.45) is 0 Å². The Morgan fingerprint density at radius 3 is 2.42 bits per heavy atom. The molecule has 0 aliphatic carbocycles. The first kappa shape index (κ1) is 22.6.